The molecule has 2 aromatic rings. The van der Waals surface area contributed by atoms with Gasteiger partial charge in [-0.3, -0.25) is 5.84 Å². The molecule has 0 saturated carbocycles. The molecular formula is C8H12BrN7. The molecule has 86 valence electrons. The standard InChI is InChI=1S/C8H12BrN7/c1-15-4-3-11-8(15)5(12-10)6-7(9)13-14-16(6)2/h3-5,12H,10H2,1-2H3. The molecule has 0 bridgehead atoms. The summed E-state index contributed by atoms with van der Waals surface area (Å²) in [6.07, 6.45) is 3.58. The average Bonchev–Trinajstić information content (AvgIpc) is 2.80. The minimum absolute atomic E-state index is 0.255. The zero-order valence-corrected chi connectivity index (χ0v) is 10.5. The van der Waals surface area contributed by atoms with E-state index < -0.39 is 0 Å². The van der Waals surface area contributed by atoms with Crippen molar-refractivity contribution >= 4 is 15.9 Å². The third-order valence-corrected chi connectivity index (χ3v) is 2.95. The van der Waals surface area contributed by atoms with Gasteiger partial charge < -0.3 is 4.57 Å². The molecule has 1 unspecified atom stereocenters. The summed E-state index contributed by atoms with van der Waals surface area (Å²) in [5.41, 5.74) is 3.55. The normalized spacial score (nSPS) is 13.0. The Kier molecular flexibility index (Phi) is 3.03. The van der Waals surface area contributed by atoms with Crippen molar-refractivity contribution in [3.05, 3.63) is 28.5 Å². The highest BCUT2D eigenvalue weighted by molar-refractivity contribution is 9.10. The molecule has 8 heteroatoms. The van der Waals surface area contributed by atoms with Crippen molar-refractivity contribution in [2.45, 2.75) is 6.04 Å². The SMILES string of the molecule is Cn1ccnc1C(NN)c1c(Br)nnn1C. The Bertz CT molecular complexity index is 469. The van der Waals surface area contributed by atoms with Gasteiger partial charge in [-0.1, -0.05) is 5.21 Å². The maximum Gasteiger partial charge on any atom is 0.153 e. The summed E-state index contributed by atoms with van der Waals surface area (Å²) < 4.78 is 4.20. The number of nitrogens with zero attached hydrogens (tertiary/aromatic N) is 5. The first-order valence-electron chi connectivity index (χ1n) is 4.63. The highest BCUT2D eigenvalue weighted by atomic mass is 79.9. The predicted molar refractivity (Wildman–Crippen MR) is 61.1 cm³/mol. The summed E-state index contributed by atoms with van der Waals surface area (Å²) in [7, 11) is 3.71. The van der Waals surface area contributed by atoms with Gasteiger partial charge in [-0.25, -0.2) is 15.1 Å². The molecule has 0 saturated heterocycles. The van der Waals surface area contributed by atoms with Crippen molar-refractivity contribution in [2.24, 2.45) is 19.9 Å². The Morgan fingerprint density at radius 1 is 1.50 bits per heavy atom. The van der Waals surface area contributed by atoms with E-state index in [9.17, 15) is 0 Å². The maximum atomic E-state index is 5.57. The number of hydrogen-bond acceptors (Lipinski definition) is 5. The first-order chi connectivity index (χ1) is 7.65. The van der Waals surface area contributed by atoms with Gasteiger partial charge >= 0.3 is 0 Å². The van der Waals surface area contributed by atoms with Gasteiger partial charge in [0.25, 0.3) is 0 Å². The third kappa shape index (κ3) is 1.75. The molecule has 7 nitrogen and oxygen atoms in total. The van der Waals surface area contributed by atoms with Crippen molar-refractivity contribution in [1.29, 1.82) is 0 Å². The second-order valence-electron chi connectivity index (χ2n) is 3.39. The summed E-state index contributed by atoms with van der Waals surface area (Å²) in [4.78, 5) is 4.26. The van der Waals surface area contributed by atoms with E-state index in [1.165, 1.54) is 0 Å². The van der Waals surface area contributed by atoms with Crippen molar-refractivity contribution in [2.75, 3.05) is 0 Å². The highest BCUT2D eigenvalue weighted by Gasteiger charge is 2.23. The van der Waals surface area contributed by atoms with Crippen LogP contribution in [0, 0.1) is 0 Å². The van der Waals surface area contributed by atoms with Gasteiger partial charge in [0.2, 0.25) is 0 Å². The number of hydrogen-bond donors (Lipinski definition) is 2. The first-order valence-corrected chi connectivity index (χ1v) is 5.43. The smallest absolute Gasteiger partial charge is 0.153 e. The molecule has 0 fully saturated rings. The van der Waals surface area contributed by atoms with E-state index >= 15 is 0 Å². The minimum atomic E-state index is -0.255. The Morgan fingerprint density at radius 3 is 2.69 bits per heavy atom. The van der Waals surface area contributed by atoms with Crippen molar-refractivity contribution in [3.63, 3.8) is 0 Å². The van der Waals surface area contributed by atoms with Crippen molar-refractivity contribution < 1.29 is 0 Å². The van der Waals surface area contributed by atoms with Gasteiger partial charge in [0, 0.05) is 26.5 Å². The van der Waals surface area contributed by atoms with E-state index in [1.54, 1.807) is 17.9 Å². The lowest BCUT2D eigenvalue weighted by molar-refractivity contribution is 0.532. The fourth-order valence-electron chi connectivity index (χ4n) is 1.58. The molecule has 0 aliphatic heterocycles. The molecule has 0 aliphatic rings. The van der Waals surface area contributed by atoms with Crippen LogP contribution in [0.15, 0.2) is 17.0 Å². The second-order valence-corrected chi connectivity index (χ2v) is 4.14. The van der Waals surface area contributed by atoms with Gasteiger partial charge in [-0.15, -0.1) is 5.10 Å². The van der Waals surface area contributed by atoms with E-state index in [-0.39, 0.29) is 6.04 Å². The second kappa shape index (κ2) is 4.32. The lowest BCUT2D eigenvalue weighted by Gasteiger charge is -2.15. The van der Waals surface area contributed by atoms with E-state index in [0.29, 0.717) is 4.60 Å². The Balaban J connectivity index is 2.49. The molecule has 0 aromatic carbocycles. The topological polar surface area (TPSA) is 86.6 Å². The lowest BCUT2D eigenvalue weighted by atomic mass is 10.2. The molecule has 0 aliphatic carbocycles. The number of halogens is 1. The fraction of sp³-hybridized carbons (Fsp3) is 0.375. The monoisotopic (exact) mass is 285 g/mol. The van der Waals surface area contributed by atoms with Crippen molar-refractivity contribution in [3.8, 4) is 0 Å². The summed E-state index contributed by atoms with van der Waals surface area (Å²) >= 11 is 3.34. The van der Waals surface area contributed by atoms with Crippen LogP contribution in [0.25, 0.3) is 0 Å². The quantitative estimate of drug-likeness (QED) is 0.606. The predicted octanol–water partition coefficient (Wildman–Crippen LogP) is -0.136. The van der Waals surface area contributed by atoms with Crippen LogP contribution >= 0.6 is 15.9 Å². The van der Waals surface area contributed by atoms with Crippen LogP contribution in [0.4, 0.5) is 0 Å². The van der Waals surface area contributed by atoms with Gasteiger partial charge in [0.1, 0.15) is 11.9 Å². The van der Waals surface area contributed by atoms with Crippen LogP contribution in [-0.4, -0.2) is 24.5 Å². The molecule has 0 spiro atoms. The summed E-state index contributed by atoms with van der Waals surface area (Å²) in [5.74, 6) is 6.37. The molecule has 1 atom stereocenters. The molecule has 0 radical (unpaired) electrons. The number of nitrogens with one attached hydrogen (secondary N) is 1. The molecule has 2 heterocycles. The molecule has 2 rings (SSSR count). The lowest BCUT2D eigenvalue weighted by Crippen LogP contribution is -2.32. The van der Waals surface area contributed by atoms with Crippen LogP contribution < -0.4 is 11.3 Å². The van der Waals surface area contributed by atoms with Crippen LogP contribution in [0.1, 0.15) is 17.6 Å². The van der Waals surface area contributed by atoms with Gasteiger partial charge in [0.15, 0.2) is 4.60 Å². The first kappa shape index (κ1) is 11.2. The van der Waals surface area contributed by atoms with Gasteiger partial charge in [-0.05, 0) is 15.9 Å². The number of rotatable bonds is 3. The summed E-state index contributed by atoms with van der Waals surface area (Å²) in [6.45, 7) is 0. The zero-order chi connectivity index (χ0) is 11.7. The van der Waals surface area contributed by atoms with Gasteiger partial charge in [-0.2, -0.15) is 0 Å². The van der Waals surface area contributed by atoms with Crippen LogP contribution in [0.3, 0.4) is 0 Å². The van der Waals surface area contributed by atoms with Crippen LogP contribution in [0.5, 0.6) is 0 Å². The zero-order valence-electron chi connectivity index (χ0n) is 8.92. The number of aromatic nitrogens is 5. The van der Waals surface area contributed by atoms with Crippen molar-refractivity contribution in [1.82, 2.24) is 30.0 Å². The molecule has 0 amide bonds. The van der Waals surface area contributed by atoms with Gasteiger partial charge in [0.05, 0.1) is 5.69 Å². The van der Waals surface area contributed by atoms with Crippen LogP contribution in [-0.2, 0) is 14.1 Å². The Labute approximate surface area is 101 Å². The third-order valence-electron chi connectivity index (χ3n) is 2.38. The maximum absolute atomic E-state index is 5.57. The largest absolute Gasteiger partial charge is 0.336 e. The Morgan fingerprint density at radius 2 is 2.25 bits per heavy atom. The molecule has 3 N–H and O–H groups in total. The van der Waals surface area contributed by atoms with E-state index in [2.05, 4.69) is 36.7 Å². The Hall–Kier alpha value is -1.25. The molecule has 16 heavy (non-hydrogen) atoms. The fourth-order valence-corrected chi connectivity index (χ4v) is 2.13. The van der Waals surface area contributed by atoms with E-state index in [4.69, 9.17) is 5.84 Å². The van der Waals surface area contributed by atoms with E-state index in [1.807, 2.05) is 17.8 Å². The summed E-state index contributed by atoms with van der Waals surface area (Å²) in [6, 6.07) is -0.255. The summed E-state index contributed by atoms with van der Waals surface area (Å²) in [5, 5.41) is 7.83. The molecular weight excluding hydrogens is 274 g/mol. The minimum Gasteiger partial charge on any atom is -0.336 e. The number of hydrazine groups is 1. The number of aryl methyl sites for hydroxylation is 2. The van der Waals surface area contributed by atoms with Crippen LogP contribution in [0.2, 0.25) is 0 Å². The number of imidazole rings is 1. The number of nitrogens with two attached hydrogens (primary N) is 1. The van der Waals surface area contributed by atoms with E-state index in [0.717, 1.165) is 11.5 Å². The highest BCUT2D eigenvalue weighted by Crippen LogP contribution is 2.24. The average molecular weight is 286 g/mol. The molecule has 2 aromatic heterocycles.